The quantitative estimate of drug-likeness (QED) is 0.214. The fourth-order valence-electron chi connectivity index (χ4n) is 6.79. The minimum absolute atomic E-state index is 0.600. The van der Waals surface area contributed by atoms with Gasteiger partial charge >= 0.3 is 0 Å². The molecule has 7 aromatic carbocycles. The van der Waals surface area contributed by atoms with E-state index in [-0.39, 0.29) is 0 Å². The zero-order chi connectivity index (χ0) is 28.3. The summed E-state index contributed by atoms with van der Waals surface area (Å²) in [7, 11) is 0. The van der Waals surface area contributed by atoms with Crippen molar-refractivity contribution in [2.24, 2.45) is 0 Å². The van der Waals surface area contributed by atoms with Crippen molar-refractivity contribution < 1.29 is 4.74 Å². The van der Waals surface area contributed by atoms with E-state index in [1.807, 2.05) is 0 Å². The highest BCUT2D eigenvalue weighted by molar-refractivity contribution is 6.11. The molecule has 0 unspecified atom stereocenters. The van der Waals surface area contributed by atoms with Crippen LogP contribution in [0.1, 0.15) is 5.56 Å². The molecule has 1 aliphatic rings. The van der Waals surface area contributed by atoms with E-state index in [1.54, 1.807) is 0 Å². The molecule has 0 radical (unpaired) electrons. The van der Waals surface area contributed by atoms with Gasteiger partial charge in [0.15, 0.2) is 0 Å². The third-order valence-corrected chi connectivity index (χ3v) is 8.87. The first-order valence-corrected chi connectivity index (χ1v) is 14.8. The average Bonchev–Trinajstić information content (AvgIpc) is 3.41. The molecule has 2 heterocycles. The lowest BCUT2D eigenvalue weighted by atomic mass is 9.95. The topological polar surface area (TPSA) is 14.2 Å². The number of ether oxygens (including phenoxy) is 1. The summed E-state index contributed by atoms with van der Waals surface area (Å²) in [5.41, 5.74) is 12.1. The van der Waals surface area contributed by atoms with Crippen LogP contribution in [0.25, 0.3) is 71.6 Å². The zero-order valence-corrected chi connectivity index (χ0v) is 23.5. The van der Waals surface area contributed by atoms with Crippen molar-refractivity contribution in [1.82, 2.24) is 4.57 Å². The number of rotatable bonds is 3. The Labute approximate surface area is 250 Å². The average molecular weight is 550 g/mol. The second-order valence-corrected chi connectivity index (χ2v) is 11.3. The van der Waals surface area contributed by atoms with Crippen LogP contribution in [-0.2, 0) is 6.61 Å². The van der Waals surface area contributed by atoms with Crippen LogP contribution in [0.15, 0.2) is 152 Å². The molecule has 0 spiro atoms. The molecule has 0 fully saturated rings. The standard InChI is InChI=1S/C41H27NO/c1-2-9-27(10-3-1)28-17-18-30-24-31(20-19-29(30)23-28)32-21-22-38-36(25-32)35-13-6-7-14-37(35)42(38)39-15-8-16-40-41(39)34-12-5-4-11-33(34)26-43-40/h1-25H,26H2. The number of fused-ring (bicyclic) bond motifs is 7. The summed E-state index contributed by atoms with van der Waals surface area (Å²) in [4.78, 5) is 0. The van der Waals surface area contributed by atoms with Crippen molar-refractivity contribution in [3.63, 3.8) is 0 Å². The van der Waals surface area contributed by atoms with Crippen LogP contribution in [0.5, 0.6) is 5.75 Å². The summed E-state index contributed by atoms with van der Waals surface area (Å²) >= 11 is 0. The van der Waals surface area contributed by atoms with Crippen molar-refractivity contribution in [3.8, 4) is 44.8 Å². The van der Waals surface area contributed by atoms with Crippen molar-refractivity contribution in [1.29, 1.82) is 0 Å². The molecule has 0 bridgehead atoms. The van der Waals surface area contributed by atoms with Crippen LogP contribution in [0, 0.1) is 0 Å². The summed E-state index contributed by atoms with van der Waals surface area (Å²) in [6.07, 6.45) is 0. The van der Waals surface area contributed by atoms with E-state index in [0.29, 0.717) is 6.61 Å². The molecule has 0 N–H and O–H groups in total. The van der Waals surface area contributed by atoms with Gasteiger partial charge in [-0.15, -0.1) is 0 Å². The van der Waals surface area contributed by atoms with Crippen LogP contribution in [0.4, 0.5) is 0 Å². The van der Waals surface area contributed by atoms with Gasteiger partial charge in [-0.05, 0) is 86.6 Å². The normalized spacial score (nSPS) is 12.3. The summed E-state index contributed by atoms with van der Waals surface area (Å²) in [5, 5.41) is 4.99. The number of aromatic nitrogens is 1. The van der Waals surface area contributed by atoms with Gasteiger partial charge in [0.05, 0.1) is 16.7 Å². The number of benzene rings is 7. The molecule has 202 valence electrons. The van der Waals surface area contributed by atoms with Crippen LogP contribution in [0.3, 0.4) is 0 Å². The van der Waals surface area contributed by atoms with Crippen LogP contribution in [0.2, 0.25) is 0 Å². The summed E-state index contributed by atoms with van der Waals surface area (Å²) in [6, 6.07) is 54.8. The van der Waals surface area contributed by atoms with Crippen molar-refractivity contribution in [2.45, 2.75) is 6.61 Å². The summed E-state index contributed by atoms with van der Waals surface area (Å²) in [6.45, 7) is 0.600. The highest BCUT2D eigenvalue weighted by Gasteiger charge is 2.23. The molecule has 9 rings (SSSR count). The summed E-state index contributed by atoms with van der Waals surface area (Å²) < 4.78 is 8.65. The van der Waals surface area contributed by atoms with Crippen molar-refractivity contribution in [2.75, 3.05) is 0 Å². The van der Waals surface area contributed by atoms with Gasteiger partial charge < -0.3 is 9.30 Å². The van der Waals surface area contributed by atoms with Gasteiger partial charge in [-0.3, -0.25) is 0 Å². The van der Waals surface area contributed by atoms with E-state index >= 15 is 0 Å². The third kappa shape index (κ3) is 3.80. The predicted molar refractivity (Wildman–Crippen MR) is 179 cm³/mol. The lowest BCUT2D eigenvalue weighted by molar-refractivity contribution is 0.302. The first-order valence-electron chi connectivity index (χ1n) is 14.8. The van der Waals surface area contributed by atoms with Crippen molar-refractivity contribution >= 4 is 32.6 Å². The molecule has 0 amide bonds. The molecule has 1 aromatic heterocycles. The molecule has 2 nitrogen and oxygen atoms in total. The maximum Gasteiger partial charge on any atom is 0.129 e. The monoisotopic (exact) mass is 549 g/mol. The number of hydrogen-bond donors (Lipinski definition) is 0. The minimum Gasteiger partial charge on any atom is -0.488 e. The highest BCUT2D eigenvalue weighted by Crippen LogP contribution is 2.44. The molecule has 0 atom stereocenters. The van der Waals surface area contributed by atoms with Crippen molar-refractivity contribution in [3.05, 3.63) is 157 Å². The Hall–Kier alpha value is -5.60. The first-order chi connectivity index (χ1) is 21.3. The van der Waals surface area contributed by atoms with E-state index in [1.165, 1.54) is 66.0 Å². The Morgan fingerprint density at radius 1 is 0.465 bits per heavy atom. The third-order valence-electron chi connectivity index (χ3n) is 8.87. The van der Waals surface area contributed by atoms with Gasteiger partial charge in [-0.1, -0.05) is 109 Å². The second kappa shape index (κ2) is 9.47. The van der Waals surface area contributed by atoms with E-state index in [0.717, 1.165) is 17.0 Å². The first kappa shape index (κ1) is 24.0. The molecular weight excluding hydrogens is 522 g/mol. The molecule has 8 aromatic rings. The molecule has 1 aliphatic heterocycles. The Bertz CT molecular complexity index is 2350. The molecule has 43 heavy (non-hydrogen) atoms. The fourth-order valence-corrected chi connectivity index (χ4v) is 6.79. The summed E-state index contributed by atoms with van der Waals surface area (Å²) in [5.74, 6) is 0.935. The molecular formula is C41H27NO. The molecule has 0 aliphatic carbocycles. The Balaban J connectivity index is 1.21. The van der Waals surface area contributed by atoms with Crippen LogP contribution < -0.4 is 4.74 Å². The maximum atomic E-state index is 6.24. The van der Waals surface area contributed by atoms with Gasteiger partial charge in [-0.2, -0.15) is 0 Å². The van der Waals surface area contributed by atoms with E-state index in [9.17, 15) is 0 Å². The second-order valence-electron chi connectivity index (χ2n) is 11.3. The molecule has 0 saturated heterocycles. The molecule has 0 saturated carbocycles. The van der Waals surface area contributed by atoms with Crippen LogP contribution >= 0.6 is 0 Å². The number of nitrogens with zero attached hydrogens (tertiary/aromatic N) is 1. The Kier molecular flexibility index (Phi) is 5.30. The number of para-hydroxylation sites is 1. The van der Waals surface area contributed by atoms with Crippen LogP contribution in [-0.4, -0.2) is 4.57 Å². The SMILES string of the molecule is c1ccc(-c2ccc3cc(-c4ccc5c(c4)c4ccccc4n5-c4cccc5c4-c4ccccc4CO5)ccc3c2)cc1. The number of hydrogen-bond acceptors (Lipinski definition) is 1. The maximum absolute atomic E-state index is 6.24. The van der Waals surface area contributed by atoms with Gasteiger partial charge in [0, 0.05) is 16.3 Å². The van der Waals surface area contributed by atoms with Gasteiger partial charge in [0.1, 0.15) is 12.4 Å². The van der Waals surface area contributed by atoms with Gasteiger partial charge in [-0.25, -0.2) is 0 Å². The lowest BCUT2D eigenvalue weighted by Crippen LogP contribution is -2.08. The highest BCUT2D eigenvalue weighted by atomic mass is 16.5. The van der Waals surface area contributed by atoms with E-state index < -0.39 is 0 Å². The molecule has 2 heteroatoms. The Morgan fingerprint density at radius 3 is 2.00 bits per heavy atom. The van der Waals surface area contributed by atoms with Gasteiger partial charge in [0.2, 0.25) is 0 Å². The smallest absolute Gasteiger partial charge is 0.129 e. The van der Waals surface area contributed by atoms with E-state index in [4.69, 9.17) is 4.74 Å². The lowest BCUT2D eigenvalue weighted by Gasteiger charge is -2.24. The van der Waals surface area contributed by atoms with Gasteiger partial charge in [0.25, 0.3) is 0 Å². The largest absolute Gasteiger partial charge is 0.488 e. The Morgan fingerprint density at radius 2 is 1.14 bits per heavy atom. The predicted octanol–water partition coefficient (Wildman–Crippen LogP) is 10.8. The zero-order valence-electron chi connectivity index (χ0n) is 23.5. The van der Waals surface area contributed by atoms with E-state index in [2.05, 4.69) is 156 Å². The minimum atomic E-state index is 0.600. The fraction of sp³-hybridized carbons (Fsp3) is 0.0244.